The summed E-state index contributed by atoms with van der Waals surface area (Å²) in [7, 11) is 3.17. The molecule has 0 atom stereocenters. The van der Waals surface area contributed by atoms with Crippen molar-refractivity contribution in [1.82, 2.24) is 10.3 Å². The minimum absolute atomic E-state index is 0.181. The smallest absolute Gasteiger partial charge is 0.251 e. The summed E-state index contributed by atoms with van der Waals surface area (Å²) in [6.45, 7) is 2.24. The maximum Gasteiger partial charge on any atom is 0.251 e. The van der Waals surface area contributed by atoms with Crippen molar-refractivity contribution in [2.45, 2.75) is 24.1 Å². The molecule has 174 valence electrons. The Morgan fingerprint density at radius 3 is 2.44 bits per heavy atom. The number of amides is 1. The highest BCUT2D eigenvalue weighted by atomic mass is 32.2. The van der Waals surface area contributed by atoms with E-state index >= 15 is 0 Å². The van der Waals surface area contributed by atoms with Gasteiger partial charge in [0.25, 0.3) is 5.91 Å². The molecule has 0 spiro atoms. The van der Waals surface area contributed by atoms with Gasteiger partial charge in [0.05, 0.1) is 19.9 Å². The van der Waals surface area contributed by atoms with Crippen molar-refractivity contribution < 1.29 is 18.7 Å². The van der Waals surface area contributed by atoms with Crippen molar-refractivity contribution in [2.75, 3.05) is 14.2 Å². The van der Waals surface area contributed by atoms with Gasteiger partial charge in [-0.1, -0.05) is 30.3 Å². The lowest BCUT2D eigenvalue weighted by atomic mass is 10.1. The number of oxazole rings is 1. The van der Waals surface area contributed by atoms with Gasteiger partial charge in [0.15, 0.2) is 11.5 Å². The molecular formula is C27H26N2O4S. The number of nitrogens with one attached hydrogen (secondary N) is 1. The minimum atomic E-state index is -0.181. The molecule has 34 heavy (non-hydrogen) atoms. The van der Waals surface area contributed by atoms with E-state index in [0.29, 0.717) is 29.5 Å². The molecule has 0 unspecified atom stereocenters. The molecule has 1 N–H and O–H groups in total. The molecule has 7 heteroatoms. The SMILES string of the molecule is COc1cccc(CNC(=O)c2ccc(-c3nc(CSc4ccccc4)c(C)o3)cc2)c1OC. The van der Waals surface area contributed by atoms with E-state index in [4.69, 9.17) is 13.9 Å². The summed E-state index contributed by atoms with van der Waals surface area (Å²) in [5.74, 6) is 3.14. The Kier molecular flexibility index (Phi) is 7.54. The number of aromatic nitrogens is 1. The topological polar surface area (TPSA) is 73.6 Å². The molecule has 0 radical (unpaired) electrons. The number of methoxy groups -OCH3 is 2. The molecule has 4 aromatic rings. The fourth-order valence-electron chi connectivity index (χ4n) is 3.49. The lowest BCUT2D eigenvalue weighted by Crippen LogP contribution is -2.23. The second-order valence-electron chi connectivity index (χ2n) is 7.54. The summed E-state index contributed by atoms with van der Waals surface area (Å²) in [5.41, 5.74) is 3.12. The van der Waals surface area contributed by atoms with Gasteiger partial charge in [-0.2, -0.15) is 0 Å². The summed E-state index contributed by atoms with van der Waals surface area (Å²) in [6, 6.07) is 23.0. The zero-order valence-electron chi connectivity index (χ0n) is 19.3. The number of carbonyl (C=O) groups is 1. The maximum absolute atomic E-state index is 12.7. The van der Waals surface area contributed by atoms with E-state index in [1.54, 1.807) is 38.1 Å². The Labute approximate surface area is 203 Å². The number of ether oxygens (including phenoxy) is 2. The number of rotatable bonds is 9. The van der Waals surface area contributed by atoms with Gasteiger partial charge < -0.3 is 19.2 Å². The molecule has 1 heterocycles. The molecule has 0 aliphatic heterocycles. The molecule has 0 saturated carbocycles. The number of para-hydroxylation sites is 1. The Bertz CT molecular complexity index is 1250. The Hall–Kier alpha value is -3.71. The zero-order chi connectivity index (χ0) is 23.9. The van der Waals surface area contributed by atoms with Crippen LogP contribution in [0.15, 0.2) is 82.1 Å². The second kappa shape index (κ2) is 10.9. The fraction of sp³-hybridized carbons (Fsp3) is 0.185. The van der Waals surface area contributed by atoms with E-state index in [2.05, 4.69) is 22.4 Å². The van der Waals surface area contributed by atoms with Crippen LogP contribution in [0.25, 0.3) is 11.5 Å². The van der Waals surface area contributed by atoms with E-state index in [9.17, 15) is 4.79 Å². The van der Waals surface area contributed by atoms with Gasteiger partial charge >= 0.3 is 0 Å². The van der Waals surface area contributed by atoms with Crippen LogP contribution in [-0.2, 0) is 12.3 Å². The molecule has 3 aromatic carbocycles. The Balaban J connectivity index is 1.40. The number of hydrogen-bond donors (Lipinski definition) is 1. The zero-order valence-corrected chi connectivity index (χ0v) is 20.1. The molecule has 0 aliphatic rings. The molecular weight excluding hydrogens is 448 g/mol. The van der Waals surface area contributed by atoms with Gasteiger partial charge in [0.1, 0.15) is 5.76 Å². The highest BCUT2D eigenvalue weighted by molar-refractivity contribution is 7.98. The van der Waals surface area contributed by atoms with Gasteiger partial charge in [-0.15, -0.1) is 11.8 Å². The van der Waals surface area contributed by atoms with E-state index in [1.165, 1.54) is 4.90 Å². The highest BCUT2D eigenvalue weighted by Gasteiger charge is 2.14. The second-order valence-corrected chi connectivity index (χ2v) is 8.59. The number of aryl methyl sites for hydroxylation is 1. The third-order valence-corrected chi connectivity index (χ3v) is 6.35. The van der Waals surface area contributed by atoms with Gasteiger partial charge in [-0.05, 0) is 49.4 Å². The molecule has 4 rings (SSSR count). The number of hydrogen-bond acceptors (Lipinski definition) is 6. The van der Waals surface area contributed by atoms with Crippen molar-refractivity contribution in [2.24, 2.45) is 0 Å². The highest BCUT2D eigenvalue weighted by Crippen LogP contribution is 2.31. The monoisotopic (exact) mass is 474 g/mol. The number of carbonyl (C=O) groups excluding carboxylic acids is 1. The van der Waals surface area contributed by atoms with Crippen molar-refractivity contribution >= 4 is 17.7 Å². The summed E-state index contributed by atoms with van der Waals surface area (Å²) >= 11 is 1.72. The molecule has 0 saturated heterocycles. The normalized spacial score (nSPS) is 10.7. The van der Waals surface area contributed by atoms with Crippen LogP contribution in [0.3, 0.4) is 0 Å². The maximum atomic E-state index is 12.7. The van der Waals surface area contributed by atoms with Crippen molar-refractivity contribution in [3.63, 3.8) is 0 Å². The van der Waals surface area contributed by atoms with Gasteiger partial charge in [0, 0.05) is 33.9 Å². The van der Waals surface area contributed by atoms with Gasteiger partial charge in [-0.25, -0.2) is 4.98 Å². The Morgan fingerprint density at radius 1 is 0.971 bits per heavy atom. The summed E-state index contributed by atoms with van der Waals surface area (Å²) in [6.07, 6.45) is 0. The van der Waals surface area contributed by atoms with Crippen molar-refractivity contribution in [3.8, 4) is 23.0 Å². The van der Waals surface area contributed by atoms with Crippen LogP contribution in [0.1, 0.15) is 27.4 Å². The average Bonchev–Trinajstić information content (AvgIpc) is 3.26. The first-order chi connectivity index (χ1) is 16.6. The molecule has 6 nitrogen and oxygen atoms in total. The molecule has 0 aliphatic carbocycles. The van der Waals surface area contributed by atoms with Crippen LogP contribution in [0.2, 0.25) is 0 Å². The summed E-state index contributed by atoms with van der Waals surface area (Å²) in [4.78, 5) is 18.5. The van der Waals surface area contributed by atoms with Crippen LogP contribution >= 0.6 is 11.8 Å². The molecule has 1 aromatic heterocycles. The predicted molar refractivity (Wildman–Crippen MR) is 133 cm³/mol. The van der Waals surface area contributed by atoms with Crippen LogP contribution in [-0.4, -0.2) is 25.1 Å². The summed E-state index contributed by atoms with van der Waals surface area (Å²) in [5, 5.41) is 2.93. The Morgan fingerprint density at radius 2 is 1.74 bits per heavy atom. The van der Waals surface area contributed by atoms with Crippen molar-refractivity contribution in [3.05, 3.63) is 95.4 Å². The van der Waals surface area contributed by atoms with E-state index in [0.717, 1.165) is 28.3 Å². The summed E-state index contributed by atoms with van der Waals surface area (Å²) < 4.78 is 16.6. The number of benzene rings is 3. The van der Waals surface area contributed by atoms with Gasteiger partial charge in [0.2, 0.25) is 5.89 Å². The van der Waals surface area contributed by atoms with Crippen LogP contribution in [0.5, 0.6) is 11.5 Å². The minimum Gasteiger partial charge on any atom is -0.493 e. The molecule has 1 amide bonds. The first kappa shape index (κ1) is 23.4. The molecule has 0 bridgehead atoms. The standard InChI is InChI=1S/C27H26N2O4S/c1-18-23(17-34-22-9-5-4-6-10-22)29-27(33-18)20-14-12-19(13-15-20)26(30)28-16-21-8-7-11-24(31-2)25(21)32-3/h4-15H,16-17H2,1-3H3,(H,28,30). The third kappa shape index (κ3) is 5.43. The first-order valence-corrected chi connectivity index (χ1v) is 11.8. The third-order valence-electron chi connectivity index (χ3n) is 5.33. The van der Waals surface area contributed by atoms with Gasteiger partial charge in [-0.3, -0.25) is 4.79 Å². The van der Waals surface area contributed by atoms with Crippen LogP contribution in [0.4, 0.5) is 0 Å². The fourth-order valence-corrected chi connectivity index (χ4v) is 4.41. The number of nitrogens with zero attached hydrogens (tertiary/aromatic N) is 1. The van der Waals surface area contributed by atoms with E-state index in [1.807, 2.05) is 55.5 Å². The van der Waals surface area contributed by atoms with E-state index < -0.39 is 0 Å². The largest absolute Gasteiger partial charge is 0.493 e. The predicted octanol–water partition coefficient (Wildman–Crippen LogP) is 5.89. The lowest BCUT2D eigenvalue weighted by molar-refractivity contribution is 0.0950. The van der Waals surface area contributed by atoms with Crippen LogP contribution < -0.4 is 14.8 Å². The average molecular weight is 475 g/mol. The molecule has 0 fully saturated rings. The van der Waals surface area contributed by atoms with Crippen LogP contribution in [0, 0.1) is 6.92 Å². The number of thioether (sulfide) groups is 1. The quantitative estimate of drug-likeness (QED) is 0.305. The lowest BCUT2D eigenvalue weighted by Gasteiger charge is -2.13. The van der Waals surface area contributed by atoms with E-state index in [-0.39, 0.29) is 5.91 Å². The first-order valence-electron chi connectivity index (χ1n) is 10.8. The van der Waals surface area contributed by atoms with Crippen molar-refractivity contribution in [1.29, 1.82) is 0 Å².